The van der Waals surface area contributed by atoms with Crippen molar-refractivity contribution in [3.8, 4) is 5.75 Å². The number of thioether (sulfide) groups is 1. The number of hydrogen-bond donors (Lipinski definition) is 0. The fraction of sp³-hybridized carbons (Fsp3) is 0.235. The molecular formula is C17H18O2S. The predicted octanol–water partition coefficient (Wildman–Crippen LogP) is 4.29. The Kier molecular flexibility index (Phi) is 4.85. The van der Waals surface area contributed by atoms with Crippen LogP contribution in [0, 0.1) is 13.8 Å². The highest BCUT2D eigenvalue weighted by Crippen LogP contribution is 2.27. The highest BCUT2D eigenvalue weighted by molar-refractivity contribution is 8.00. The highest BCUT2D eigenvalue weighted by Gasteiger charge is 2.15. The predicted molar refractivity (Wildman–Crippen MR) is 84.0 cm³/mol. The third kappa shape index (κ3) is 3.42. The Balaban J connectivity index is 2.17. The van der Waals surface area contributed by atoms with Crippen molar-refractivity contribution >= 4 is 17.5 Å². The topological polar surface area (TPSA) is 26.3 Å². The minimum absolute atomic E-state index is 0.0995. The number of Topliss-reactive ketones (excluding diaryl/α,β-unsaturated/α-hetero) is 1. The molecule has 0 aromatic heterocycles. The summed E-state index contributed by atoms with van der Waals surface area (Å²) in [6.45, 7) is 3.96. The van der Waals surface area contributed by atoms with Crippen LogP contribution in [-0.2, 0) is 0 Å². The summed E-state index contributed by atoms with van der Waals surface area (Å²) in [5.74, 6) is 1.21. The van der Waals surface area contributed by atoms with E-state index >= 15 is 0 Å². The third-order valence-corrected chi connectivity index (χ3v) is 4.05. The fourth-order valence-electron chi connectivity index (χ4n) is 2.18. The smallest absolute Gasteiger partial charge is 0.176 e. The number of ketones is 1. The molecule has 2 nitrogen and oxygen atoms in total. The van der Waals surface area contributed by atoms with Crippen LogP contribution in [0.15, 0.2) is 47.4 Å². The van der Waals surface area contributed by atoms with Crippen molar-refractivity contribution in [2.45, 2.75) is 18.7 Å². The molecule has 0 N–H and O–H groups in total. The summed E-state index contributed by atoms with van der Waals surface area (Å²) in [4.78, 5) is 13.5. The average Bonchev–Trinajstić information content (AvgIpc) is 2.45. The normalized spacial score (nSPS) is 10.3. The minimum Gasteiger partial charge on any atom is -0.496 e. The Hall–Kier alpha value is -1.74. The van der Waals surface area contributed by atoms with Crippen LogP contribution in [0.2, 0.25) is 0 Å². The summed E-state index contributed by atoms with van der Waals surface area (Å²) in [6, 6.07) is 13.9. The number of benzene rings is 2. The maximum Gasteiger partial charge on any atom is 0.176 e. The first-order valence-corrected chi connectivity index (χ1v) is 7.46. The van der Waals surface area contributed by atoms with Gasteiger partial charge in [0, 0.05) is 4.90 Å². The first-order chi connectivity index (χ1) is 9.61. The van der Waals surface area contributed by atoms with Gasteiger partial charge in [0.1, 0.15) is 5.75 Å². The van der Waals surface area contributed by atoms with Crippen LogP contribution < -0.4 is 4.74 Å². The molecule has 0 spiro atoms. The molecule has 3 heteroatoms. The standard InChI is InChI=1S/C17H18O2S/c1-12-9-13(2)17(19-3)15(10-12)16(18)11-20-14-7-5-4-6-8-14/h4-10H,11H2,1-3H3. The maximum atomic E-state index is 12.4. The summed E-state index contributed by atoms with van der Waals surface area (Å²) in [5, 5.41) is 0. The minimum atomic E-state index is 0.0995. The van der Waals surface area contributed by atoms with Crippen molar-refractivity contribution in [1.29, 1.82) is 0 Å². The first-order valence-electron chi connectivity index (χ1n) is 6.48. The largest absolute Gasteiger partial charge is 0.496 e. The van der Waals surface area contributed by atoms with Crippen LogP contribution in [0.4, 0.5) is 0 Å². The molecule has 0 aliphatic rings. The van der Waals surface area contributed by atoms with Crippen molar-refractivity contribution in [1.82, 2.24) is 0 Å². The van der Waals surface area contributed by atoms with Gasteiger partial charge in [-0.15, -0.1) is 11.8 Å². The SMILES string of the molecule is COc1c(C)cc(C)cc1C(=O)CSc1ccccc1. The number of carbonyl (C=O) groups excluding carboxylic acids is 1. The van der Waals surface area contributed by atoms with E-state index in [9.17, 15) is 4.79 Å². The molecule has 0 fully saturated rings. The third-order valence-electron chi connectivity index (χ3n) is 3.04. The van der Waals surface area contributed by atoms with E-state index in [-0.39, 0.29) is 5.78 Å². The zero-order chi connectivity index (χ0) is 14.5. The van der Waals surface area contributed by atoms with Crippen molar-refractivity contribution in [3.05, 3.63) is 59.2 Å². The van der Waals surface area contributed by atoms with Crippen LogP contribution in [0.25, 0.3) is 0 Å². The van der Waals surface area contributed by atoms with Gasteiger partial charge in [0.05, 0.1) is 18.4 Å². The summed E-state index contributed by atoms with van der Waals surface area (Å²) >= 11 is 1.55. The Morgan fingerprint density at radius 2 is 1.85 bits per heavy atom. The van der Waals surface area contributed by atoms with Gasteiger partial charge >= 0.3 is 0 Å². The van der Waals surface area contributed by atoms with Crippen LogP contribution >= 0.6 is 11.8 Å². The van der Waals surface area contributed by atoms with Gasteiger partial charge in [-0.2, -0.15) is 0 Å². The number of rotatable bonds is 5. The zero-order valence-corrected chi connectivity index (χ0v) is 12.8. The lowest BCUT2D eigenvalue weighted by atomic mass is 10.0. The van der Waals surface area contributed by atoms with Gasteiger partial charge in [-0.25, -0.2) is 0 Å². The lowest BCUT2D eigenvalue weighted by Crippen LogP contribution is -2.06. The van der Waals surface area contributed by atoms with Crippen molar-refractivity contribution in [2.75, 3.05) is 12.9 Å². The van der Waals surface area contributed by atoms with E-state index in [4.69, 9.17) is 4.74 Å². The molecule has 2 aromatic rings. The number of carbonyl (C=O) groups is 1. The first kappa shape index (κ1) is 14.7. The van der Waals surface area contributed by atoms with Gasteiger partial charge in [0.2, 0.25) is 0 Å². The molecule has 0 aliphatic heterocycles. The van der Waals surface area contributed by atoms with Crippen molar-refractivity contribution in [2.24, 2.45) is 0 Å². The fourth-order valence-corrected chi connectivity index (χ4v) is 2.98. The van der Waals surface area contributed by atoms with E-state index in [1.54, 1.807) is 18.9 Å². The highest BCUT2D eigenvalue weighted by atomic mass is 32.2. The number of ether oxygens (including phenoxy) is 1. The average molecular weight is 286 g/mol. The van der Waals surface area contributed by atoms with Crippen LogP contribution in [-0.4, -0.2) is 18.6 Å². The van der Waals surface area contributed by atoms with E-state index in [1.807, 2.05) is 56.3 Å². The molecule has 0 amide bonds. The van der Waals surface area contributed by atoms with E-state index < -0.39 is 0 Å². The Morgan fingerprint density at radius 1 is 1.15 bits per heavy atom. The van der Waals surface area contributed by atoms with E-state index in [2.05, 4.69) is 0 Å². The molecular weight excluding hydrogens is 268 g/mol. The molecule has 0 heterocycles. The van der Waals surface area contributed by atoms with E-state index in [0.29, 0.717) is 17.1 Å². The Labute approximate surface area is 124 Å². The molecule has 0 saturated carbocycles. The Bertz CT molecular complexity index is 606. The van der Waals surface area contributed by atoms with Gasteiger partial charge in [-0.1, -0.05) is 24.3 Å². The number of methoxy groups -OCH3 is 1. The lowest BCUT2D eigenvalue weighted by Gasteiger charge is -2.12. The summed E-state index contributed by atoms with van der Waals surface area (Å²) in [7, 11) is 1.61. The molecule has 0 saturated heterocycles. The van der Waals surface area contributed by atoms with Gasteiger partial charge < -0.3 is 4.74 Å². The molecule has 2 aromatic carbocycles. The van der Waals surface area contributed by atoms with Gasteiger partial charge in [-0.05, 0) is 43.2 Å². The Morgan fingerprint density at radius 3 is 2.50 bits per heavy atom. The van der Waals surface area contributed by atoms with Crippen molar-refractivity contribution in [3.63, 3.8) is 0 Å². The monoisotopic (exact) mass is 286 g/mol. The molecule has 0 atom stereocenters. The lowest BCUT2D eigenvalue weighted by molar-refractivity contribution is 0.101. The van der Waals surface area contributed by atoms with E-state index in [1.165, 1.54) is 0 Å². The molecule has 2 rings (SSSR count). The second-order valence-electron chi connectivity index (χ2n) is 4.69. The van der Waals surface area contributed by atoms with Gasteiger partial charge in [0.15, 0.2) is 5.78 Å². The van der Waals surface area contributed by atoms with Crippen LogP contribution in [0.3, 0.4) is 0 Å². The molecule has 104 valence electrons. The van der Waals surface area contributed by atoms with E-state index in [0.717, 1.165) is 16.0 Å². The van der Waals surface area contributed by atoms with Crippen LogP contribution in [0.5, 0.6) is 5.75 Å². The molecule has 20 heavy (non-hydrogen) atoms. The summed E-state index contributed by atoms with van der Waals surface area (Å²) < 4.78 is 5.37. The zero-order valence-electron chi connectivity index (χ0n) is 12.0. The van der Waals surface area contributed by atoms with Crippen LogP contribution in [0.1, 0.15) is 21.5 Å². The molecule has 0 radical (unpaired) electrons. The molecule has 0 aliphatic carbocycles. The quantitative estimate of drug-likeness (QED) is 0.606. The molecule has 0 unspecified atom stereocenters. The number of aryl methyl sites for hydroxylation is 2. The second kappa shape index (κ2) is 6.62. The van der Waals surface area contributed by atoms with Gasteiger partial charge in [0.25, 0.3) is 0 Å². The molecule has 0 bridgehead atoms. The summed E-state index contributed by atoms with van der Waals surface area (Å²) in [6.07, 6.45) is 0. The summed E-state index contributed by atoms with van der Waals surface area (Å²) in [5.41, 5.74) is 2.75. The van der Waals surface area contributed by atoms with Gasteiger partial charge in [-0.3, -0.25) is 4.79 Å². The second-order valence-corrected chi connectivity index (χ2v) is 5.74. The number of hydrogen-bond acceptors (Lipinski definition) is 3. The maximum absolute atomic E-state index is 12.4. The van der Waals surface area contributed by atoms with Crippen molar-refractivity contribution < 1.29 is 9.53 Å².